The fourth-order valence-electron chi connectivity index (χ4n) is 1.90. The fourth-order valence-corrected chi connectivity index (χ4v) is 2.85. The fraction of sp³-hybridized carbons (Fsp3) is 0.176. The van der Waals surface area contributed by atoms with Gasteiger partial charge < -0.3 is 10.1 Å². The number of ether oxygens (including phenoxy) is 1. The number of anilines is 1. The second kappa shape index (κ2) is 9.15. The van der Waals surface area contributed by atoms with Crippen molar-refractivity contribution in [2.24, 2.45) is 0 Å². The third kappa shape index (κ3) is 5.29. The van der Waals surface area contributed by atoms with Gasteiger partial charge in [0.15, 0.2) is 5.11 Å². The Bertz CT molecular complexity index is 753. The van der Waals surface area contributed by atoms with Gasteiger partial charge in [0.05, 0.1) is 17.9 Å². The Labute approximate surface area is 163 Å². The minimum atomic E-state index is -0.327. The molecule has 0 unspecified atom stereocenters. The Morgan fingerprint density at radius 1 is 1.21 bits per heavy atom. The van der Waals surface area contributed by atoms with Crippen LogP contribution in [0.25, 0.3) is 0 Å². The van der Waals surface area contributed by atoms with Gasteiger partial charge in [0.2, 0.25) is 0 Å². The van der Waals surface area contributed by atoms with E-state index in [1.54, 1.807) is 12.1 Å². The Morgan fingerprint density at radius 3 is 2.67 bits per heavy atom. The van der Waals surface area contributed by atoms with Crippen LogP contribution in [0.15, 0.2) is 51.4 Å². The average molecular weight is 472 g/mol. The molecular weight excluding hydrogens is 456 g/mol. The number of carbonyl (C=O) groups is 1. The predicted molar refractivity (Wildman–Crippen MR) is 108 cm³/mol. The second-order valence-electron chi connectivity index (χ2n) is 4.88. The van der Waals surface area contributed by atoms with Crippen molar-refractivity contribution in [3.63, 3.8) is 0 Å². The first-order chi connectivity index (χ1) is 11.5. The Hall–Kier alpha value is -1.44. The van der Waals surface area contributed by atoms with Gasteiger partial charge >= 0.3 is 0 Å². The Balaban J connectivity index is 2.10. The van der Waals surface area contributed by atoms with E-state index < -0.39 is 0 Å². The van der Waals surface area contributed by atoms with Crippen LogP contribution in [0.1, 0.15) is 23.7 Å². The monoisotopic (exact) mass is 470 g/mol. The van der Waals surface area contributed by atoms with Gasteiger partial charge in [-0.25, -0.2) is 0 Å². The molecule has 2 aromatic rings. The van der Waals surface area contributed by atoms with Crippen molar-refractivity contribution < 1.29 is 9.53 Å². The quantitative estimate of drug-likeness (QED) is 0.593. The zero-order chi connectivity index (χ0) is 17.5. The van der Waals surface area contributed by atoms with Crippen LogP contribution in [0.5, 0.6) is 5.75 Å². The number of para-hydroxylation sites is 1. The molecule has 7 heteroatoms. The highest BCUT2D eigenvalue weighted by Gasteiger charge is 2.15. The molecule has 0 saturated heterocycles. The molecule has 2 aromatic carbocycles. The SMILES string of the molecule is CCCOc1ccc(Br)cc1C(=O)NC(=S)Nc1ccccc1Br. The molecule has 0 aliphatic heterocycles. The molecule has 2 N–H and O–H groups in total. The topological polar surface area (TPSA) is 50.4 Å². The highest BCUT2D eigenvalue weighted by molar-refractivity contribution is 9.10. The molecule has 0 fully saturated rings. The molecule has 2 rings (SSSR count). The minimum Gasteiger partial charge on any atom is -0.493 e. The van der Waals surface area contributed by atoms with E-state index in [9.17, 15) is 4.79 Å². The summed E-state index contributed by atoms with van der Waals surface area (Å²) in [5.41, 5.74) is 1.20. The molecule has 0 aromatic heterocycles. The van der Waals surface area contributed by atoms with Gasteiger partial charge in [-0.15, -0.1) is 0 Å². The number of rotatable bonds is 5. The van der Waals surface area contributed by atoms with Crippen LogP contribution in [-0.4, -0.2) is 17.6 Å². The van der Waals surface area contributed by atoms with E-state index in [-0.39, 0.29) is 11.0 Å². The lowest BCUT2D eigenvalue weighted by Crippen LogP contribution is -2.34. The van der Waals surface area contributed by atoms with Crippen LogP contribution in [-0.2, 0) is 0 Å². The summed E-state index contributed by atoms with van der Waals surface area (Å²) in [7, 11) is 0. The van der Waals surface area contributed by atoms with Crippen molar-refractivity contribution in [2.45, 2.75) is 13.3 Å². The first kappa shape index (κ1) is 18.9. The molecule has 0 heterocycles. The molecule has 0 aliphatic rings. The van der Waals surface area contributed by atoms with Crippen LogP contribution >= 0.6 is 44.1 Å². The molecular formula is C17H16Br2N2O2S. The normalized spacial score (nSPS) is 10.1. The summed E-state index contributed by atoms with van der Waals surface area (Å²) in [5.74, 6) is 0.202. The lowest BCUT2D eigenvalue weighted by molar-refractivity contribution is 0.0973. The summed E-state index contributed by atoms with van der Waals surface area (Å²) in [6, 6.07) is 12.8. The number of nitrogens with one attached hydrogen (secondary N) is 2. The Morgan fingerprint density at radius 2 is 1.96 bits per heavy atom. The van der Waals surface area contributed by atoms with Gasteiger partial charge in [0, 0.05) is 8.95 Å². The summed E-state index contributed by atoms with van der Waals surface area (Å²) in [6.07, 6.45) is 0.860. The summed E-state index contributed by atoms with van der Waals surface area (Å²) >= 11 is 12.0. The van der Waals surface area contributed by atoms with Crippen LogP contribution in [0, 0.1) is 0 Å². The first-order valence-corrected chi connectivity index (χ1v) is 9.30. The number of hydrogen-bond acceptors (Lipinski definition) is 3. The van der Waals surface area contributed by atoms with Crippen LogP contribution in [0.3, 0.4) is 0 Å². The van der Waals surface area contributed by atoms with Gasteiger partial charge in [0.25, 0.3) is 5.91 Å². The smallest absolute Gasteiger partial charge is 0.261 e. The first-order valence-electron chi connectivity index (χ1n) is 7.30. The average Bonchev–Trinajstić information content (AvgIpc) is 2.55. The minimum absolute atomic E-state index is 0.216. The van der Waals surface area contributed by atoms with Gasteiger partial charge in [-0.2, -0.15) is 0 Å². The summed E-state index contributed by atoms with van der Waals surface area (Å²) < 4.78 is 7.28. The van der Waals surface area contributed by atoms with Crippen molar-refractivity contribution in [3.05, 3.63) is 57.0 Å². The molecule has 0 aliphatic carbocycles. The third-order valence-electron chi connectivity index (χ3n) is 3.00. The van der Waals surface area contributed by atoms with E-state index >= 15 is 0 Å². The number of hydrogen-bond donors (Lipinski definition) is 2. The highest BCUT2D eigenvalue weighted by Crippen LogP contribution is 2.24. The molecule has 4 nitrogen and oxygen atoms in total. The maximum Gasteiger partial charge on any atom is 0.261 e. The van der Waals surface area contributed by atoms with Crippen molar-refractivity contribution in [1.82, 2.24) is 5.32 Å². The lowest BCUT2D eigenvalue weighted by atomic mass is 10.2. The molecule has 0 atom stereocenters. The molecule has 126 valence electrons. The largest absolute Gasteiger partial charge is 0.493 e. The Kier molecular flexibility index (Phi) is 7.20. The number of halogens is 2. The van der Waals surface area contributed by atoms with E-state index in [1.807, 2.05) is 37.3 Å². The van der Waals surface area contributed by atoms with E-state index in [0.29, 0.717) is 17.9 Å². The van der Waals surface area contributed by atoms with Crippen molar-refractivity contribution in [1.29, 1.82) is 0 Å². The second-order valence-corrected chi connectivity index (χ2v) is 7.06. The summed E-state index contributed by atoms with van der Waals surface area (Å²) in [5, 5.41) is 5.88. The van der Waals surface area contributed by atoms with Gasteiger partial charge in [-0.1, -0.05) is 35.0 Å². The highest BCUT2D eigenvalue weighted by atomic mass is 79.9. The zero-order valence-corrected chi connectivity index (χ0v) is 16.9. The molecule has 0 saturated carbocycles. The molecule has 0 spiro atoms. The number of benzene rings is 2. The number of amides is 1. The third-order valence-corrected chi connectivity index (χ3v) is 4.39. The maximum absolute atomic E-state index is 12.5. The van der Waals surface area contributed by atoms with E-state index in [0.717, 1.165) is 21.1 Å². The van der Waals surface area contributed by atoms with Gasteiger partial charge in [-0.3, -0.25) is 10.1 Å². The zero-order valence-electron chi connectivity index (χ0n) is 12.9. The van der Waals surface area contributed by atoms with Crippen molar-refractivity contribution in [3.8, 4) is 5.75 Å². The standard InChI is InChI=1S/C17H16Br2N2O2S/c1-2-9-23-15-8-7-11(18)10-12(15)16(22)21-17(24)20-14-6-4-3-5-13(14)19/h3-8,10H,2,9H2,1H3,(H2,20,21,22,24). The van der Waals surface area contributed by atoms with E-state index in [1.165, 1.54) is 0 Å². The molecule has 1 amide bonds. The maximum atomic E-state index is 12.5. The van der Waals surface area contributed by atoms with E-state index in [4.69, 9.17) is 17.0 Å². The number of thiocarbonyl (C=S) groups is 1. The molecule has 0 bridgehead atoms. The molecule has 24 heavy (non-hydrogen) atoms. The van der Waals surface area contributed by atoms with E-state index in [2.05, 4.69) is 42.5 Å². The van der Waals surface area contributed by atoms with Crippen LogP contribution in [0.2, 0.25) is 0 Å². The van der Waals surface area contributed by atoms with Gasteiger partial charge in [-0.05, 0) is 64.9 Å². The lowest BCUT2D eigenvalue weighted by Gasteiger charge is -2.13. The van der Waals surface area contributed by atoms with Crippen molar-refractivity contribution in [2.75, 3.05) is 11.9 Å². The van der Waals surface area contributed by atoms with Crippen molar-refractivity contribution >= 4 is 60.8 Å². The molecule has 0 radical (unpaired) electrons. The summed E-state index contributed by atoms with van der Waals surface area (Å²) in [6.45, 7) is 2.55. The summed E-state index contributed by atoms with van der Waals surface area (Å²) in [4.78, 5) is 12.5. The van der Waals surface area contributed by atoms with Crippen LogP contribution in [0.4, 0.5) is 5.69 Å². The number of carbonyl (C=O) groups excluding carboxylic acids is 1. The predicted octanol–water partition coefficient (Wildman–Crippen LogP) is 5.13. The van der Waals surface area contributed by atoms with Crippen LogP contribution < -0.4 is 15.4 Å². The van der Waals surface area contributed by atoms with Gasteiger partial charge in [0.1, 0.15) is 5.75 Å².